The molecule has 0 bridgehead atoms. The number of ketones is 1. The predicted octanol–water partition coefficient (Wildman–Crippen LogP) is 4.69. The molecule has 4 nitrogen and oxygen atoms in total. The van der Waals surface area contributed by atoms with Crippen LogP contribution in [-0.4, -0.2) is 21.5 Å². The fraction of sp³-hybridized carbons (Fsp3) is 0.0556. The zero-order valence-electron chi connectivity index (χ0n) is 12.9. The average molecular weight is 385 g/mol. The third kappa shape index (κ3) is 3.30. The van der Waals surface area contributed by atoms with Crippen molar-refractivity contribution in [2.45, 2.75) is 5.16 Å². The maximum absolute atomic E-state index is 12.5. The molecule has 0 saturated heterocycles. The Kier molecular flexibility index (Phi) is 4.52. The Morgan fingerprint density at radius 1 is 1.12 bits per heavy atom. The number of hydrogen-bond acceptors (Lipinski definition) is 6. The van der Waals surface area contributed by atoms with Crippen molar-refractivity contribution in [2.75, 3.05) is 5.75 Å². The summed E-state index contributed by atoms with van der Waals surface area (Å²) < 4.78 is 0. The van der Waals surface area contributed by atoms with Crippen molar-refractivity contribution in [3.63, 3.8) is 0 Å². The van der Waals surface area contributed by atoms with E-state index < -0.39 is 0 Å². The van der Waals surface area contributed by atoms with E-state index >= 15 is 0 Å². The number of Topliss-reactive ketones (excluding diaryl/α,β-unsaturated/α-hetero) is 1. The maximum Gasteiger partial charge on any atom is 0.260 e. The Balaban J connectivity index is 1.63. The highest BCUT2D eigenvalue weighted by molar-refractivity contribution is 7.99. The SMILES string of the molecule is O=C(CSc1nc2scc(-c3ccccc3)c2c(=O)[nH]1)c1cccs1. The van der Waals surface area contributed by atoms with Crippen molar-refractivity contribution in [2.24, 2.45) is 0 Å². The summed E-state index contributed by atoms with van der Waals surface area (Å²) in [5, 5.41) is 4.91. The van der Waals surface area contributed by atoms with Gasteiger partial charge in [-0.2, -0.15) is 0 Å². The number of benzene rings is 1. The second-order valence-electron chi connectivity index (χ2n) is 5.26. The lowest BCUT2D eigenvalue weighted by atomic mass is 10.1. The molecule has 0 atom stereocenters. The fourth-order valence-corrected chi connectivity index (χ4v) is 4.98. The second-order valence-corrected chi connectivity index (χ2v) is 8.03. The molecule has 0 aliphatic carbocycles. The Morgan fingerprint density at radius 2 is 1.96 bits per heavy atom. The molecule has 3 aromatic heterocycles. The number of fused-ring (bicyclic) bond motifs is 1. The Labute approximate surface area is 155 Å². The number of nitrogens with zero attached hydrogens (tertiary/aromatic N) is 1. The van der Waals surface area contributed by atoms with Crippen LogP contribution in [0.4, 0.5) is 0 Å². The first-order valence-corrected chi connectivity index (χ1v) is 10.2. The van der Waals surface area contributed by atoms with Gasteiger partial charge in [0.2, 0.25) is 0 Å². The zero-order chi connectivity index (χ0) is 17.2. The van der Waals surface area contributed by atoms with Gasteiger partial charge >= 0.3 is 0 Å². The smallest absolute Gasteiger partial charge is 0.260 e. The van der Waals surface area contributed by atoms with E-state index in [0.717, 1.165) is 16.0 Å². The van der Waals surface area contributed by atoms with Crippen LogP contribution in [0.3, 0.4) is 0 Å². The molecule has 7 heteroatoms. The summed E-state index contributed by atoms with van der Waals surface area (Å²) >= 11 is 4.12. The number of rotatable bonds is 5. The van der Waals surface area contributed by atoms with Crippen LogP contribution in [0.15, 0.2) is 63.2 Å². The second kappa shape index (κ2) is 6.95. The van der Waals surface area contributed by atoms with Crippen molar-refractivity contribution in [1.82, 2.24) is 9.97 Å². The van der Waals surface area contributed by atoms with Crippen molar-refractivity contribution in [1.29, 1.82) is 0 Å². The van der Waals surface area contributed by atoms with Gasteiger partial charge in [-0.1, -0.05) is 48.2 Å². The minimum absolute atomic E-state index is 0.0406. The van der Waals surface area contributed by atoms with E-state index in [1.165, 1.54) is 34.4 Å². The van der Waals surface area contributed by atoms with Crippen LogP contribution < -0.4 is 5.56 Å². The van der Waals surface area contributed by atoms with Gasteiger partial charge in [-0.15, -0.1) is 22.7 Å². The molecule has 0 radical (unpaired) electrons. The number of hydrogen-bond donors (Lipinski definition) is 1. The van der Waals surface area contributed by atoms with Crippen LogP contribution in [0.5, 0.6) is 0 Å². The molecular weight excluding hydrogens is 372 g/mol. The number of H-pyrrole nitrogens is 1. The lowest BCUT2D eigenvalue weighted by Gasteiger charge is -2.01. The molecule has 1 N–H and O–H groups in total. The third-order valence-corrected chi connectivity index (χ3v) is 6.30. The number of nitrogens with one attached hydrogen (secondary N) is 1. The van der Waals surface area contributed by atoms with Crippen LogP contribution in [0, 0.1) is 0 Å². The summed E-state index contributed by atoms with van der Waals surface area (Å²) in [4.78, 5) is 33.4. The Hall–Kier alpha value is -2.22. The molecule has 0 fully saturated rings. The van der Waals surface area contributed by atoms with Crippen molar-refractivity contribution in [3.05, 3.63) is 68.5 Å². The quantitative estimate of drug-likeness (QED) is 0.308. The van der Waals surface area contributed by atoms with Crippen molar-refractivity contribution in [3.8, 4) is 11.1 Å². The highest BCUT2D eigenvalue weighted by Crippen LogP contribution is 2.31. The van der Waals surface area contributed by atoms with Gasteiger partial charge in [-0.05, 0) is 17.0 Å². The van der Waals surface area contributed by atoms with E-state index in [2.05, 4.69) is 9.97 Å². The van der Waals surface area contributed by atoms with Crippen LogP contribution >= 0.6 is 34.4 Å². The molecule has 25 heavy (non-hydrogen) atoms. The number of aromatic amines is 1. The average Bonchev–Trinajstić information content (AvgIpc) is 3.30. The van der Waals surface area contributed by atoms with E-state index in [1.54, 1.807) is 6.07 Å². The van der Waals surface area contributed by atoms with Gasteiger partial charge < -0.3 is 4.98 Å². The highest BCUT2D eigenvalue weighted by Gasteiger charge is 2.14. The van der Waals surface area contributed by atoms with E-state index in [-0.39, 0.29) is 17.1 Å². The minimum atomic E-state index is -0.170. The van der Waals surface area contributed by atoms with E-state index in [4.69, 9.17) is 0 Å². The molecule has 4 rings (SSSR count). The molecule has 3 heterocycles. The van der Waals surface area contributed by atoms with Gasteiger partial charge in [-0.25, -0.2) is 4.98 Å². The molecular formula is C18H12N2O2S3. The van der Waals surface area contributed by atoms with Crippen LogP contribution in [0.1, 0.15) is 9.67 Å². The lowest BCUT2D eigenvalue weighted by Crippen LogP contribution is -2.09. The molecule has 4 aromatic rings. The van der Waals surface area contributed by atoms with E-state index in [9.17, 15) is 9.59 Å². The first-order valence-electron chi connectivity index (χ1n) is 7.49. The normalized spacial score (nSPS) is 11.0. The van der Waals surface area contributed by atoms with Gasteiger partial charge in [0.25, 0.3) is 5.56 Å². The van der Waals surface area contributed by atoms with Crippen LogP contribution in [-0.2, 0) is 0 Å². The van der Waals surface area contributed by atoms with Gasteiger partial charge in [0.1, 0.15) is 4.83 Å². The Morgan fingerprint density at radius 3 is 2.72 bits per heavy atom. The van der Waals surface area contributed by atoms with Gasteiger partial charge in [0.15, 0.2) is 10.9 Å². The van der Waals surface area contributed by atoms with Crippen molar-refractivity contribution >= 4 is 50.4 Å². The monoisotopic (exact) mass is 384 g/mol. The number of carbonyl (C=O) groups excluding carboxylic acids is 1. The minimum Gasteiger partial charge on any atom is -0.301 e. The highest BCUT2D eigenvalue weighted by atomic mass is 32.2. The summed E-state index contributed by atoms with van der Waals surface area (Å²) in [5.41, 5.74) is 1.71. The lowest BCUT2D eigenvalue weighted by molar-refractivity contribution is 0.102. The third-order valence-electron chi connectivity index (χ3n) is 3.64. The Bertz CT molecular complexity index is 1080. The summed E-state index contributed by atoms with van der Waals surface area (Å²) in [6.45, 7) is 0. The molecule has 1 aromatic carbocycles. The predicted molar refractivity (Wildman–Crippen MR) is 105 cm³/mol. The largest absolute Gasteiger partial charge is 0.301 e. The maximum atomic E-state index is 12.5. The van der Waals surface area contributed by atoms with E-state index in [1.807, 2.05) is 47.2 Å². The zero-order valence-corrected chi connectivity index (χ0v) is 15.3. The summed E-state index contributed by atoms with van der Waals surface area (Å²) in [6, 6.07) is 13.4. The van der Waals surface area contributed by atoms with Crippen molar-refractivity contribution < 1.29 is 4.79 Å². The molecule has 0 aliphatic rings. The van der Waals surface area contributed by atoms with Crippen LogP contribution in [0.25, 0.3) is 21.3 Å². The molecule has 0 unspecified atom stereocenters. The summed E-state index contributed by atoms with van der Waals surface area (Å²) in [6.07, 6.45) is 0. The molecule has 124 valence electrons. The molecule has 0 amide bonds. The topological polar surface area (TPSA) is 62.8 Å². The number of thioether (sulfide) groups is 1. The standard InChI is InChI=1S/C18H12N2O2S3/c21-13(14-7-4-8-23-14)10-25-18-19-16(22)15-12(9-24-17(15)20-18)11-5-2-1-3-6-11/h1-9H,10H2,(H,19,20,22). The van der Waals surface area contributed by atoms with Gasteiger partial charge in [-0.3, -0.25) is 9.59 Å². The first-order chi connectivity index (χ1) is 12.2. The van der Waals surface area contributed by atoms with Crippen LogP contribution in [0.2, 0.25) is 0 Å². The fourth-order valence-electron chi connectivity index (χ4n) is 2.47. The van der Waals surface area contributed by atoms with Gasteiger partial charge in [0.05, 0.1) is 16.0 Å². The number of aromatic nitrogens is 2. The molecule has 0 aliphatic heterocycles. The molecule has 0 spiro atoms. The summed E-state index contributed by atoms with van der Waals surface area (Å²) in [7, 11) is 0. The summed E-state index contributed by atoms with van der Waals surface area (Å²) in [5.74, 6) is 0.296. The number of carbonyl (C=O) groups is 1. The molecule has 0 saturated carbocycles. The first kappa shape index (κ1) is 16.3. The van der Waals surface area contributed by atoms with Gasteiger partial charge in [0, 0.05) is 10.9 Å². The number of thiophene rings is 2. The van der Waals surface area contributed by atoms with E-state index in [0.29, 0.717) is 15.4 Å².